The van der Waals surface area contributed by atoms with Crippen molar-refractivity contribution in [2.75, 3.05) is 26.9 Å². The van der Waals surface area contributed by atoms with Crippen LogP contribution in [0.3, 0.4) is 0 Å². The number of fused-ring (bicyclic) bond motifs is 3. The molecule has 3 heterocycles. The van der Waals surface area contributed by atoms with E-state index in [0.717, 1.165) is 22.4 Å². The molecule has 0 saturated carbocycles. The van der Waals surface area contributed by atoms with Gasteiger partial charge in [-0.2, -0.15) is 0 Å². The quantitative estimate of drug-likeness (QED) is 0.725. The molecule has 0 N–H and O–H groups in total. The van der Waals surface area contributed by atoms with Gasteiger partial charge in [-0.3, -0.25) is 4.90 Å². The minimum absolute atomic E-state index is 0.0628. The first kappa shape index (κ1) is 17.8. The van der Waals surface area contributed by atoms with E-state index in [0.29, 0.717) is 47.8 Å². The molecule has 146 valence electrons. The summed E-state index contributed by atoms with van der Waals surface area (Å²) in [5.74, 6) is 1.81. The summed E-state index contributed by atoms with van der Waals surface area (Å²) in [4.78, 5) is 14.3. The van der Waals surface area contributed by atoms with Crippen LogP contribution in [0.2, 0.25) is 10.0 Å². The number of amides is 1. The fourth-order valence-corrected chi connectivity index (χ4v) is 4.86. The van der Waals surface area contributed by atoms with Gasteiger partial charge in [-0.25, -0.2) is 4.79 Å². The van der Waals surface area contributed by atoms with Crippen LogP contribution in [0.5, 0.6) is 17.2 Å². The molecule has 2 aromatic carbocycles. The number of halogens is 2. The molecule has 8 heteroatoms. The van der Waals surface area contributed by atoms with Gasteiger partial charge in [0.05, 0.1) is 29.2 Å². The largest absolute Gasteiger partial charge is 0.494 e. The van der Waals surface area contributed by atoms with E-state index in [9.17, 15) is 4.79 Å². The molecule has 1 fully saturated rings. The lowest BCUT2D eigenvalue weighted by Gasteiger charge is -2.38. The van der Waals surface area contributed by atoms with Crippen molar-refractivity contribution in [1.82, 2.24) is 4.90 Å². The number of benzene rings is 2. The first-order valence-corrected chi connectivity index (χ1v) is 9.73. The zero-order valence-corrected chi connectivity index (χ0v) is 16.5. The average molecular weight is 422 g/mol. The molecule has 3 aliphatic rings. The molecule has 0 spiro atoms. The van der Waals surface area contributed by atoms with Crippen LogP contribution in [0.25, 0.3) is 0 Å². The van der Waals surface area contributed by atoms with Crippen molar-refractivity contribution in [2.24, 2.45) is 0 Å². The van der Waals surface area contributed by atoms with Gasteiger partial charge < -0.3 is 18.9 Å². The minimum atomic E-state index is -0.388. The van der Waals surface area contributed by atoms with Crippen molar-refractivity contribution < 1.29 is 23.7 Å². The number of carbonyl (C=O) groups excluding carboxylic acids is 1. The van der Waals surface area contributed by atoms with Crippen LogP contribution in [0.4, 0.5) is 4.79 Å². The molecule has 5 rings (SSSR count). The number of rotatable bonds is 2. The summed E-state index contributed by atoms with van der Waals surface area (Å²) in [6, 6.07) is 7.07. The number of hydrogen-bond donors (Lipinski definition) is 0. The molecule has 3 aliphatic heterocycles. The monoisotopic (exact) mass is 421 g/mol. The zero-order valence-electron chi connectivity index (χ0n) is 15.0. The van der Waals surface area contributed by atoms with Crippen LogP contribution in [-0.2, 0) is 11.2 Å². The number of hydrogen-bond acceptors (Lipinski definition) is 5. The Morgan fingerprint density at radius 3 is 2.39 bits per heavy atom. The maximum Gasteiger partial charge on any atom is 0.411 e. The van der Waals surface area contributed by atoms with E-state index in [2.05, 4.69) is 0 Å². The maximum absolute atomic E-state index is 12.5. The van der Waals surface area contributed by atoms with Crippen molar-refractivity contribution in [1.29, 1.82) is 0 Å². The van der Waals surface area contributed by atoms with Crippen LogP contribution in [-0.4, -0.2) is 44.0 Å². The van der Waals surface area contributed by atoms with Gasteiger partial charge in [-0.05, 0) is 47.4 Å². The summed E-state index contributed by atoms with van der Waals surface area (Å²) in [5.41, 5.74) is 2.84. The highest BCUT2D eigenvalue weighted by Crippen LogP contribution is 2.47. The average Bonchev–Trinajstić information content (AvgIpc) is 3.04. The number of ether oxygens (including phenoxy) is 4. The molecule has 0 radical (unpaired) electrons. The number of cyclic esters (lactones) is 1. The molecule has 6 nitrogen and oxygen atoms in total. The lowest BCUT2D eigenvalue weighted by molar-refractivity contribution is 0.147. The van der Waals surface area contributed by atoms with Crippen molar-refractivity contribution >= 4 is 29.3 Å². The molecule has 1 saturated heterocycles. The maximum atomic E-state index is 12.5. The van der Waals surface area contributed by atoms with Crippen LogP contribution >= 0.6 is 23.2 Å². The topological polar surface area (TPSA) is 57.2 Å². The second-order valence-corrected chi connectivity index (χ2v) is 7.77. The first-order valence-electron chi connectivity index (χ1n) is 8.97. The Hall–Kier alpha value is -2.31. The van der Waals surface area contributed by atoms with E-state index < -0.39 is 0 Å². The molecule has 0 unspecified atom stereocenters. The zero-order chi connectivity index (χ0) is 19.4. The van der Waals surface area contributed by atoms with Crippen LogP contribution in [0.15, 0.2) is 24.3 Å². The van der Waals surface area contributed by atoms with Crippen LogP contribution in [0, 0.1) is 0 Å². The first-order chi connectivity index (χ1) is 13.6. The molecule has 1 amide bonds. The van der Waals surface area contributed by atoms with Crippen LogP contribution < -0.4 is 14.2 Å². The van der Waals surface area contributed by atoms with Crippen molar-refractivity contribution in [3.8, 4) is 17.2 Å². The fraction of sp³-hybridized carbons (Fsp3) is 0.350. The van der Waals surface area contributed by atoms with E-state index in [1.165, 1.54) is 7.11 Å². The van der Waals surface area contributed by atoms with Crippen molar-refractivity contribution in [3.63, 3.8) is 0 Å². The van der Waals surface area contributed by atoms with E-state index in [4.69, 9.17) is 42.1 Å². The van der Waals surface area contributed by atoms with Crippen LogP contribution in [0.1, 0.15) is 22.7 Å². The van der Waals surface area contributed by atoms with E-state index >= 15 is 0 Å². The fourth-order valence-electron chi connectivity index (χ4n) is 4.20. The second kappa shape index (κ2) is 6.64. The molecule has 0 aliphatic carbocycles. The predicted molar refractivity (Wildman–Crippen MR) is 103 cm³/mol. The van der Waals surface area contributed by atoms with Gasteiger partial charge in [0, 0.05) is 0 Å². The predicted octanol–water partition coefficient (Wildman–Crippen LogP) is 4.24. The van der Waals surface area contributed by atoms with Gasteiger partial charge in [0.1, 0.15) is 19.8 Å². The van der Waals surface area contributed by atoms with Gasteiger partial charge >= 0.3 is 6.09 Å². The van der Waals surface area contributed by atoms with E-state index in [1.807, 2.05) is 12.1 Å². The molecular formula is C20H17Cl2NO5. The van der Waals surface area contributed by atoms with Gasteiger partial charge in [-0.15, -0.1) is 0 Å². The lowest BCUT2D eigenvalue weighted by atomic mass is 9.85. The number of carbonyl (C=O) groups is 1. The molecule has 28 heavy (non-hydrogen) atoms. The highest BCUT2D eigenvalue weighted by molar-refractivity contribution is 6.37. The smallest absolute Gasteiger partial charge is 0.411 e. The highest BCUT2D eigenvalue weighted by atomic mass is 35.5. The standard InChI is InChI=1S/C20H17Cl2NO5/c1-25-19-14(21)5-11(6-15(19)22)18-13-8-17-16(26-2-3-27-17)7-10(13)4-12-9-28-20(24)23(12)18/h5-8,12,18H,2-4,9H2,1H3/t12-,18+/m0/s1. The van der Waals surface area contributed by atoms with Gasteiger partial charge in [0.2, 0.25) is 0 Å². The van der Waals surface area contributed by atoms with Crippen molar-refractivity contribution in [3.05, 3.63) is 51.0 Å². The number of nitrogens with zero attached hydrogens (tertiary/aromatic N) is 1. The molecule has 2 atom stereocenters. The summed E-state index contributed by atoms with van der Waals surface area (Å²) < 4.78 is 22.1. The van der Waals surface area contributed by atoms with Gasteiger partial charge in [0.15, 0.2) is 17.2 Å². The highest BCUT2D eigenvalue weighted by Gasteiger charge is 2.44. The Bertz CT molecular complexity index is 956. The Morgan fingerprint density at radius 1 is 1.04 bits per heavy atom. The second-order valence-electron chi connectivity index (χ2n) is 6.96. The van der Waals surface area contributed by atoms with Crippen molar-refractivity contribution in [2.45, 2.75) is 18.5 Å². The molecule has 2 aromatic rings. The number of methoxy groups -OCH3 is 1. The summed E-state index contributed by atoms with van der Waals surface area (Å²) in [6.45, 7) is 1.36. The summed E-state index contributed by atoms with van der Waals surface area (Å²) in [7, 11) is 1.51. The van der Waals surface area contributed by atoms with E-state index in [1.54, 1.807) is 17.0 Å². The van der Waals surface area contributed by atoms with Gasteiger partial charge in [0.25, 0.3) is 0 Å². The molecule has 0 bridgehead atoms. The Balaban J connectivity index is 1.70. The minimum Gasteiger partial charge on any atom is -0.494 e. The Labute approximate surface area is 171 Å². The Kier molecular flexibility index (Phi) is 4.21. The SMILES string of the molecule is COc1c(Cl)cc([C@@H]2c3cc4c(cc3C[C@H]3COC(=O)N32)OCCO4)cc1Cl. The third kappa shape index (κ3) is 2.66. The summed E-state index contributed by atoms with van der Waals surface area (Å²) in [6.07, 6.45) is 0.338. The lowest BCUT2D eigenvalue weighted by Crippen LogP contribution is -2.43. The third-order valence-electron chi connectivity index (χ3n) is 5.38. The third-order valence-corrected chi connectivity index (χ3v) is 5.94. The summed E-state index contributed by atoms with van der Waals surface area (Å²) in [5, 5.41) is 0.776. The van der Waals surface area contributed by atoms with E-state index in [-0.39, 0.29) is 18.2 Å². The Morgan fingerprint density at radius 2 is 1.71 bits per heavy atom. The molecular weight excluding hydrogens is 405 g/mol. The van der Waals surface area contributed by atoms with Gasteiger partial charge in [-0.1, -0.05) is 23.2 Å². The molecule has 0 aromatic heterocycles. The normalized spacial score (nSPS) is 22.4. The summed E-state index contributed by atoms with van der Waals surface area (Å²) >= 11 is 12.8.